The van der Waals surface area contributed by atoms with Gasteiger partial charge in [-0.15, -0.1) is 6.58 Å². The Bertz CT molecular complexity index is 670. The second-order valence-corrected chi connectivity index (χ2v) is 6.95. The van der Waals surface area contributed by atoms with E-state index in [4.69, 9.17) is 17.0 Å². The van der Waals surface area contributed by atoms with Crippen LogP contribution in [0.4, 0.5) is 0 Å². The van der Waals surface area contributed by atoms with E-state index in [0.29, 0.717) is 28.1 Å². The molecule has 6 heteroatoms. The molecule has 3 nitrogen and oxygen atoms in total. The van der Waals surface area contributed by atoms with E-state index in [1.54, 1.807) is 18.2 Å². The lowest BCUT2D eigenvalue weighted by atomic mass is 10.2. The van der Waals surface area contributed by atoms with Gasteiger partial charge in [-0.3, -0.25) is 9.69 Å². The predicted octanol–water partition coefficient (Wildman–Crippen LogP) is 4.40. The Morgan fingerprint density at radius 2 is 2.14 bits per heavy atom. The lowest BCUT2D eigenvalue weighted by Crippen LogP contribution is -2.27. The predicted molar refractivity (Wildman–Crippen MR) is 99.9 cm³/mol. The molecule has 0 radical (unpaired) electrons. The minimum absolute atomic E-state index is 0.107. The average molecular weight is 396 g/mol. The van der Waals surface area contributed by atoms with Gasteiger partial charge in [-0.05, 0) is 24.3 Å². The highest BCUT2D eigenvalue weighted by molar-refractivity contribution is 9.10. The maximum Gasteiger partial charge on any atom is 0.266 e. The van der Waals surface area contributed by atoms with Crippen LogP contribution in [0.3, 0.4) is 0 Å². The summed E-state index contributed by atoms with van der Waals surface area (Å²) in [4.78, 5) is 14.5. The van der Waals surface area contributed by atoms with E-state index in [9.17, 15) is 4.79 Å². The van der Waals surface area contributed by atoms with Crippen molar-refractivity contribution in [3.05, 3.63) is 58.5 Å². The van der Waals surface area contributed by atoms with Gasteiger partial charge in [-0.2, -0.15) is 0 Å². The van der Waals surface area contributed by atoms with Crippen LogP contribution in [0.5, 0.6) is 5.75 Å². The molecule has 2 rings (SSSR count). The first kappa shape index (κ1) is 17.0. The Morgan fingerprint density at radius 3 is 2.82 bits per heavy atom. The molecule has 1 aliphatic heterocycles. The molecule has 0 bridgehead atoms. The number of halogens is 1. The number of rotatable bonds is 6. The maximum atomic E-state index is 12.4. The largest absolute Gasteiger partial charge is 0.489 e. The Labute approximate surface area is 147 Å². The molecule has 22 heavy (non-hydrogen) atoms. The van der Waals surface area contributed by atoms with Crippen LogP contribution in [-0.4, -0.2) is 28.3 Å². The second kappa shape index (κ2) is 7.76. The molecule has 0 spiro atoms. The molecule has 1 saturated heterocycles. The van der Waals surface area contributed by atoms with E-state index >= 15 is 0 Å². The zero-order valence-corrected chi connectivity index (χ0v) is 15.0. The van der Waals surface area contributed by atoms with Crippen LogP contribution in [-0.2, 0) is 4.79 Å². The van der Waals surface area contributed by atoms with Crippen molar-refractivity contribution in [2.45, 2.75) is 0 Å². The fourth-order valence-corrected chi connectivity index (χ4v) is 3.48. The van der Waals surface area contributed by atoms with Crippen molar-refractivity contribution in [1.29, 1.82) is 0 Å². The van der Waals surface area contributed by atoms with Crippen molar-refractivity contribution in [2.24, 2.45) is 0 Å². The molecule has 1 heterocycles. The van der Waals surface area contributed by atoms with Gasteiger partial charge in [-0.25, -0.2) is 0 Å². The van der Waals surface area contributed by atoms with Crippen molar-refractivity contribution in [3.8, 4) is 5.75 Å². The van der Waals surface area contributed by atoms with Gasteiger partial charge in [0.25, 0.3) is 5.91 Å². The number of thioether (sulfide) groups is 1. The first-order valence-electron chi connectivity index (χ1n) is 6.46. The molecule has 0 saturated carbocycles. The van der Waals surface area contributed by atoms with Gasteiger partial charge in [0.2, 0.25) is 0 Å². The normalized spacial score (nSPS) is 16.2. The van der Waals surface area contributed by atoms with Crippen molar-refractivity contribution < 1.29 is 9.53 Å². The third-order valence-corrected chi connectivity index (χ3v) is 4.67. The van der Waals surface area contributed by atoms with Crippen molar-refractivity contribution >= 4 is 56.2 Å². The number of amides is 1. The highest BCUT2D eigenvalue weighted by Gasteiger charge is 2.31. The zero-order valence-electron chi connectivity index (χ0n) is 11.8. The minimum Gasteiger partial charge on any atom is -0.489 e. The van der Waals surface area contributed by atoms with Crippen LogP contribution in [0, 0.1) is 0 Å². The molecule has 1 amide bonds. The van der Waals surface area contributed by atoms with Gasteiger partial charge in [0.1, 0.15) is 16.7 Å². The summed E-state index contributed by atoms with van der Waals surface area (Å²) in [6.45, 7) is 8.10. The lowest BCUT2D eigenvalue weighted by Gasteiger charge is -2.10. The number of benzene rings is 1. The van der Waals surface area contributed by atoms with Crippen LogP contribution in [0.1, 0.15) is 5.56 Å². The van der Waals surface area contributed by atoms with E-state index in [-0.39, 0.29) is 5.91 Å². The van der Waals surface area contributed by atoms with Crippen LogP contribution in [0.2, 0.25) is 0 Å². The quantitative estimate of drug-likeness (QED) is 0.405. The summed E-state index contributed by atoms with van der Waals surface area (Å²) in [7, 11) is 0. The molecular formula is C16H14BrNO2S2. The summed E-state index contributed by atoms with van der Waals surface area (Å²) >= 11 is 9.95. The Morgan fingerprint density at radius 1 is 1.36 bits per heavy atom. The number of thiocarbonyl (C=S) groups is 1. The topological polar surface area (TPSA) is 29.5 Å². The smallest absolute Gasteiger partial charge is 0.266 e. The second-order valence-electron chi connectivity index (χ2n) is 4.36. The monoisotopic (exact) mass is 395 g/mol. The molecule has 0 unspecified atom stereocenters. The number of ether oxygens (including phenoxy) is 1. The summed E-state index contributed by atoms with van der Waals surface area (Å²) in [5.74, 6) is 0.585. The van der Waals surface area contributed by atoms with Crippen LogP contribution < -0.4 is 4.74 Å². The van der Waals surface area contributed by atoms with Crippen molar-refractivity contribution in [3.63, 3.8) is 0 Å². The number of carbonyl (C=O) groups is 1. The van der Waals surface area contributed by atoms with Crippen molar-refractivity contribution in [1.82, 2.24) is 4.90 Å². The molecule has 0 aliphatic carbocycles. The molecule has 114 valence electrons. The molecule has 1 aliphatic rings. The zero-order chi connectivity index (χ0) is 16.1. The minimum atomic E-state index is -0.107. The highest BCUT2D eigenvalue weighted by atomic mass is 79.9. The molecular weight excluding hydrogens is 382 g/mol. The average Bonchev–Trinajstić information content (AvgIpc) is 2.74. The first-order chi connectivity index (χ1) is 10.6. The Kier molecular flexibility index (Phi) is 5.99. The number of hydrogen-bond donors (Lipinski definition) is 0. The van der Waals surface area contributed by atoms with Gasteiger partial charge >= 0.3 is 0 Å². The third-order valence-electron chi connectivity index (χ3n) is 2.80. The summed E-state index contributed by atoms with van der Waals surface area (Å²) in [6, 6.07) is 5.64. The molecule has 1 aromatic rings. The van der Waals surface area contributed by atoms with Crippen LogP contribution >= 0.6 is 39.9 Å². The van der Waals surface area contributed by atoms with Gasteiger partial charge < -0.3 is 4.74 Å². The van der Waals surface area contributed by atoms with Gasteiger partial charge in [-0.1, -0.05) is 58.6 Å². The fourth-order valence-electron chi connectivity index (χ4n) is 1.84. The number of nitrogens with zero attached hydrogens (tertiary/aromatic N) is 1. The molecule has 1 aromatic carbocycles. The van der Waals surface area contributed by atoms with Crippen LogP contribution in [0.15, 0.2) is 52.9 Å². The van der Waals surface area contributed by atoms with E-state index in [0.717, 1.165) is 10.0 Å². The highest BCUT2D eigenvalue weighted by Crippen LogP contribution is 2.35. The van der Waals surface area contributed by atoms with Crippen LogP contribution in [0.25, 0.3) is 6.08 Å². The molecule has 0 aromatic heterocycles. The first-order valence-corrected chi connectivity index (χ1v) is 8.48. The van der Waals surface area contributed by atoms with Gasteiger partial charge in [0.15, 0.2) is 0 Å². The van der Waals surface area contributed by atoms with Gasteiger partial charge in [0, 0.05) is 16.6 Å². The van der Waals surface area contributed by atoms with E-state index < -0.39 is 0 Å². The fraction of sp³-hybridized carbons (Fsp3) is 0.125. The molecule has 1 fully saturated rings. The molecule has 0 atom stereocenters. The lowest BCUT2D eigenvalue weighted by molar-refractivity contribution is -0.121. The SMILES string of the molecule is C=CCOc1ccc(Br)cc1/C=C1\SC(=S)N(CC=C)C1=O. The summed E-state index contributed by atoms with van der Waals surface area (Å²) in [5, 5.41) is 0. The Hall–Kier alpha value is -1.37. The maximum absolute atomic E-state index is 12.4. The van der Waals surface area contributed by atoms with Gasteiger partial charge in [0.05, 0.1) is 4.91 Å². The summed E-state index contributed by atoms with van der Waals surface area (Å²) < 4.78 is 7.07. The van der Waals surface area contributed by atoms with Crippen molar-refractivity contribution in [2.75, 3.05) is 13.2 Å². The third kappa shape index (κ3) is 3.88. The summed E-state index contributed by atoms with van der Waals surface area (Å²) in [6.07, 6.45) is 5.13. The van der Waals surface area contributed by atoms with E-state index in [1.807, 2.05) is 18.2 Å². The van der Waals surface area contributed by atoms with E-state index in [2.05, 4.69) is 29.1 Å². The summed E-state index contributed by atoms with van der Waals surface area (Å²) in [5.41, 5.74) is 0.815. The Balaban J connectivity index is 2.34. The standard InChI is InChI=1S/C16H14BrNO2S2/c1-3-7-18-15(19)14(22-16(18)21)10-11-9-12(17)5-6-13(11)20-8-4-2/h3-6,9-10H,1-2,7-8H2/b14-10-. The van der Waals surface area contributed by atoms with E-state index in [1.165, 1.54) is 16.7 Å². The number of carbonyl (C=O) groups excluding carboxylic acids is 1. The number of hydrogen-bond acceptors (Lipinski definition) is 4. The molecule has 0 N–H and O–H groups in total.